The highest BCUT2D eigenvalue weighted by atomic mass is 19.4. The fourth-order valence-corrected chi connectivity index (χ4v) is 3.24. The van der Waals surface area contributed by atoms with Gasteiger partial charge in [-0.2, -0.15) is 13.2 Å². The van der Waals surface area contributed by atoms with Crippen molar-refractivity contribution < 1.29 is 17.9 Å². The second kappa shape index (κ2) is 9.82. The molecule has 0 radical (unpaired) electrons. The van der Waals surface area contributed by atoms with Crippen LogP contribution in [0.15, 0.2) is 29.3 Å². The fraction of sp³-hybridized carbons (Fsp3) is 0.632. The third kappa shape index (κ3) is 7.28. The molecule has 2 rings (SSSR count). The Labute approximate surface area is 159 Å². The Bertz CT molecular complexity index is 604. The first kappa shape index (κ1) is 21.3. The van der Waals surface area contributed by atoms with E-state index in [-0.39, 0.29) is 6.04 Å². The molecule has 0 amide bonds. The van der Waals surface area contributed by atoms with Gasteiger partial charge in [0.05, 0.1) is 13.7 Å². The highest BCUT2D eigenvalue weighted by molar-refractivity contribution is 5.80. The number of nitrogens with zero attached hydrogens (tertiary/aromatic N) is 2. The van der Waals surface area contributed by atoms with Crippen molar-refractivity contribution in [2.75, 3.05) is 40.3 Å². The smallest absolute Gasteiger partial charge is 0.401 e. The first-order valence-corrected chi connectivity index (χ1v) is 9.21. The van der Waals surface area contributed by atoms with Crippen LogP contribution in [0.3, 0.4) is 0 Å². The number of alkyl halides is 3. The molecule has 2 atom stereocenters. The van der Waals surface area contributed by atoms with Gasteiger partial charge in [-0.15, -0.1) is 0 Å². The molecule has 5 nitrogen and oxygen atoms in total. The number of rotatable bonds is 7. The second-order valence-electron chi connectivity index (χ2n) is 6.94. The molecule has 1 heterocycles. The third-order valence-corrected chi connectivity index (χ3v) is 4.79. The summed E-state index contributed by atoms with van der Waals surface area (Å²) < 4.78 is 42.6. The fourth-order valence-electron chi connectivity index (χ4n) is 3.24. The molecule has 0 spiro atoms. The zero-order valence-electron chi connectivity index (χ0n) is 16.1. The van der Waals surface area contributed by atoms with Gasteiger partial charge in [0.15, 0.2) is 5.96 Å². The van der Waals surface area contributed by atoms with Gasteiger partial charge in [-0.05, 0) is 36.5 Å². The van der Waals surface area contributed by atoms with Crippen LogP contribution < -0.4 is 15.4 Å². The SMILES string of the molecule is CN=C(NCCC(C)c1ccc(OC)cc1)NC1CCN(CC(F)(F)F)C1. The number of guanidine groups is 1. The molecule has 1 fully saturated rings. The van der Waals surface area contributed by atoms with E-state index >= 15 is 0 Å². The lowest BCUT2D eigenvalue weighted by atomic mass is 9.98. The van der Waals surface area contributed by atoms with Crippen LogP contribution in [-0.4, -0.2) is 63.4 Å². The first-order valence-electron chi connectivity index (χ1n) is 9.21. The normalized spacial score (nSPS) is 19.8. The van der Waals surface area contributed by atoms with E-state index < -0.39 is 12.7 Å². The molecule has 1 saturated heterocycles. The Morgan fingerprint density at radius 2 is 2.04 bits per heavy atom. The van der Waals surface area contributed by atoms with E-state index in [0.717, 1.165) is 18.7 Å². The number of likely N-dealkylation sites (tertiary alicyclic amines) is 1. The Morgan fingerprint density at radius 1 is 1.33 bits per heavy atom. The number of ether oxygens (including phenoxy) is 1. The summed E-state index contributed by atoms with van der Waals surface area (Å²) in [6, 6.07) is 8.01. The number of hydrogen-bond acceptors (Lipinski definition) is 3. The van der Waals surface area contributed by atoms with E-state index in [1.807, 2.05) is 12.1 Å². The van der Waals surface area contributed by atoms with E-state index in [1.54, 1.807) is 14.2 Å². The first-order chi connectivity index (χ1) is 12.8. The number of benzene rings is 1. The molecule has 0 bridgehead atoms. The topological polar surface area (TPSA) is 48.9 Å². The maximum atomic E-state index is 12.5. The Morgan fingerprint density at radius 3 is 2.63 bits per heavy atom. The summed E-state index contributed by atoms with van der Waals surface area (Å²) in [6.07, 6.45) is -2.55. The molecule has 0 saturated carbocycles. The van der Waals surface area contributed by atoms with Crippen molar-refractivity contribution >= 4 is 5.96 Å². The van der Waals surface area contributed by atoms with Crippen LogP contribution in [0.25, 0.3) is 0 Å². The van der Waals surface area contributed by atoms with Gasteiger partial charge >= 0.3 is 6.18 Å². The Hall–Kier alpha value is -1.96. The van der Waals surface area contributed by atoms with Gasteiger partial charge in [-0.25, -0.2) is 0 Å². The van der Waals surface area contributed by atoms with Gasteiger partial charge in [0, 0.05) is 32.7 Å². The maximum Gasteiger partial charge on any atom is 0.401 e. The highest BCUT2D eigenvalue weighted by Gasteiger charge is 2.34. The van der Waals surface area contributed by atoms with E-state index in [1.165, 1.54) is 10.5 Å². The minimum Gasteiger partial charge on any atom is -0.497 e. The zero-order chi connectivity index (χ0) is 19.9. The van der Waals surface area contributed by atoms with Gasteiger partial charge in [0.25, 0.3) is 0 Å². The lowest BCUT2D eigenvalue weighted by molar-refractivity contribution is -0.143. The van der Waals surface area contributed by atoms with Crippen molar-refractivity contribution in [3.63, 3.8) is 0 Å². The van der Waals surface area contributed by atoms with Crippen molar-refractivity contribution in [3.05, 3.63) is 29.8 Å². The van der Waals surface area contributed by atoms with Gasteiger partial charge in [0.2, 0.25) is 0 Å². The standard InChI is InChI=1S/C19H29F3N4O/c1-14(15-4-6-17(27-3)7-5-15)8-10-24-18(23-2)25-16-9-11-26(12-16)13-19(20,21)22/h4-7,14,16H,8-13H2,1-3H3,(H2,23,24,25). The molecule has 1 aliphatic heterocycles. The van der Waals surface area contributed by atoms with Crippen LogP contribution in [0.5, 0.6) is 5.75 Å². The summed E-state index contributed by atoms with van der Waals surface area (Å²) in [5, 5.41) is 6.48. The van der Waals surface area contributed by atoms with Gasteiger partial charge in [-0.3, -0.25) is 9.89 Å². The molecule has 1 aromatic rings. The largest absolute Gasteiger partial charge is 0.497 e. The molecular weight excluding hydrogens is 357 g/mol. The number of methoxy groups -OCH3 is 1. The van der Waals surface area contributed by atoms with Crippen molar-refractivity contribution in [1.82, 2.24) is 15.5 Å². The van der Waals surface area contributed by atoms with Crippen LogP contribution in [-0.2, 0) is 0 Å². The summed E-state index contributed by atoms with van der Waals surface area (Å²) in [6.45, 7) is 2.86. The lowest BCUT2D eigenvalue weighted by Gasteiger charge is -2.20. The summed E-state index contributed by atoms with van der Waals surface area (Å²) in [4.78, 5) is 5.61. The van der Waals surface area contributed by atoms with Crippen LogP contribution in [0.1, 0.15) is 31.2 Å². The minimum atomic E-state index is -4.15. The van der Waals surface area contributed by atoms with Crippen LogP contribution >= 0.6 is 0 Å². The van der Waals surface area contributed by atoms with Gasteiger partial charge in [0.1, 0.15) is 5.75 Å². The third-order valence-electron chi connectivity index (χ3n) is 4.79. The van der Waals surface area contributed by atoms with Crippen molar-refractivity contribution in [1.29, 1.82) is 0 Å². The van der Waals surface area contributed by atoms with E-state index in [0.29, 0.717) is 31.4 Å². The predicted octanol–water partition coefficient (Wildman–Crippen LogP) is 2.99. The monoisotopic (exact) mass is 386 g/mol. The van der Waals surface area contributed by atoms with Crippen LogP contribution in [0, 0.1) is 0 Å². The second-order valence-corrected chi connectivity index (χ2v) is 6.94. The molecule has 0 aliphatic carbocycles. The zero-order valence-corrected chi connectivity index (χ0v) is 16.1. The van der Waals surface area contributed by atoms with Crippen molar-refractivity contribution in [2.24, 2.45) is 4.99 Å². The summed E-state index contributed by atoms with van der Waals surface area (Å²) >= 11 is 0. The molecule has 8 heteroatoms. The number of halogens is 3. The Kier molecular flexibility index (Phi) is 7.77. The highest BCUT2D eigenvalue weighted by Crippen LogP contribution is 2.22. The Balaban J connectivity index is 1.72. The predicted molar refractivity (Wildman–Crippen MR) is 101 cm³/mol. The van der Waals surface area contributed by atoms with Gasteiger partial charge < -0.3 is 15.4 Å². The maximum absolute atomic E-state index is 12.5. The summed E-state index contributed by atoms with van der Waals surface area (Å²) in [5.74, 6) is 1.84. The number of nitrogens with one attached hydrogen (secondary N) is 2. The molecule has 27 heavy (non-hydrogen) atoms. The van der Waals surface area contributed by atoms with Crippen LogP contribution in [0.2, 0.25) is 0 Å². The average molecular weight is 386 g/mol. The molecule has 2 unspecified atom stereocenters. The van der Waals surface area contributed by atoms with Gasteiger partial charge in [-0.1, -0.05) is 19.1 Å². The van der Waals surface area contributed by atoms with Crippen molar-refractivity contribution in [2.45, 2.75) is 37.9 Å². The quantitative estimate of drug-likeness (QED) is 0.559. The molecule has 1 aromatic carbocycles. The van der Waals surface area contributed by atoms with Crippen LogP contribution in [0.4, 0.5) is 13.2 Å². The molecular formula is C19H29F3N4O. The molecule has 0 aromatic heterocycles. The van der Waals surface area contributed by atoms with E-state index in [2.05, 4.69) is 34.7 Å². The molecule has 2 N–H and O–H groups in total. The van der Waals surface area contributed by atoms with Crippen molar-refractivity contribution in [3.8, 4) is 5.75 Å². The number of hydrogen-bond donors (Lipinski definition) is 2. The number of aliphatic imine (C=N–C) groups is 1. The summed E-state index contributed by atoms with van der Waals surface area (Å²) in [5.41, 5.74) is 1.24. The lowest BCUT2D eigenvalue weighted by Crippen LogP contribution is -2.45. The minimum absolute atomic E-state index is 0.0161. The van der Waals surface area contributed by atoms with E-state index in [9.17, 15) is 13.2 Å². The molecule has 1 aliphatic rings. The molecule has 152 valence electrons. The van der Waals surface area contributed by atoms with E-state index in [4.69, 9.17) is 4.74 Å². The average Bonchev–Trinajstić information content (AvgIpc) is 3.05. The summed E-state index contributed by atoms with van der Waals surface area (Å²) in [7, 11) is 3.32.